The van der Waals surface area contributed by atoms with Gasteiger partial charge < -0.3 is 9.47 Å². The van der Waals surface area contributed by atoms with Crippen LogP contribution in [-0.4, -0.2) is 31.6 Å². The molecule has 1 N–H and O–H groups in total. The maximum absolute atomic E-state index is 12.6. The van der Waals surface area contributed by atoms with E-state index in [4.69, 9.17) is 14.0 Å². The summed E-state index contributed by atoms with van der Waals surface area (Å²) in [6.45, 7) is 1.32. The van der Waals surface area contributed by atoms with Crippen LogP contribution in [0.5, 0.6) is 5.75 Å². The zero-order chi connectivity index (χ0) is 18.0. The van der Waals surface area contributed by atoms with Crippen molar-refractivity contribution in [1.82, 2.24) is 0 Å². The molecular formula is C17H16O6S2. The van der Waals surface area contributed by atoms with Crippen molar-refractivity contribution in [3.8, 4) is 5.75 Å². The number of fused-ring (bicyclic) bond motifs is 2. The van der Waals surface area contributed by atoms with E-state index in [2.05, 4.69) is 0 Å². The first-order valence-corrected chi connectivity index (χ1v) is 9.84. The van der Waals surface area contributed by atoms with Crippen LogP contribution in [0.3, 0.4) is 0 Å². The lowest BCUT2D eigenvalue weighted by Gasteiger charge is -2.11. The Hall–Kier alpha value is -2.00. The Balaban J connectivity index is 1.76. The largest absolute Gasteiger partial charge is 0.491 e. The minimum Gasteiger partial charge on any atom is -0.491 e. The molecule has 1 aromatic heterocycles. The van der Waals surface area contributed by atoms with Crippen LogP contribution < -0.4 is 10.2 Å². The van der Waals surface area contributed by atoms with Crippen molar-refractivity contribution in [3.05, 3.63) is 52.7 Å². The lowest BCUT2D eigenvalue weighted by molar-refractivity contribution is 0.0817. The van der Waals surface area contributed by atoms with E-state index in [9.17, 15) is 13.2 Å². The second kappa shape index (κ2) is 7.09. The Bertz CT molecular complexity index is 1070. The number of rotatable bonds is 6. The predicted molar refractivity (Wildman–Crippen MR) is 98.1 cm³/mol. The van der Waals surface area contributed by atoms with Crippen molar-refractivity contribution in [1.29, 1.82) is 0 Å². The highest BCUT2D eigenvalue weighted by atomic mass is 32.2. The summed E-state index contributed by atoms with van der Waals surface area (Å²) in [5.74, 6) is 0.496. The molecule has 1 heterocycles. The number of benzene rings is 2. The normalized spacial score (nSPS) is 13.2. The molecule has 0 saturated carbocycles. The van der Waals surface area contributed by atoms with Gasteiger partial charge in [0.25, 0.3) is 10.1 Å². The van der Waals surface area contributed by atoms with Crippen LogP contribution in [-0.2, 0) is 14.9 Å². The van der Waals surface area contributed by atoms with Crippen molar-refractivity contribution in [2.45, 2.75) is 12.4 Å². The van der Waals surface area contributed by atoms with Crippen LogP contribution in [0.4, 0.5) is 0 Å². The molecule has 0 aliphatic carbocycles. The fourth-order valence-corrected chi connectivity index (χ4v) is 3.65. The van der Waals surface area contributed by atoms with Gasteiger partial charge in [0, 0.05) is 20.2 Å². The summed E-state index contributed by atoms with van der Waals surface area (Å²) in [6, 6.07) is 12.7. The van der Waals surface area contributed by atoms with Gasteiger partial charge in [-0.2, -0.15) is 8.42 Å². The number of hydrogen-bond acceptors (Lipinski definition) is 6. The van der Waals surface area contributed by atoms with E-state index in [1.807, 2.05) is 24.3 Å². The van der Waals surface area contributed by atoms with E-state index >= 15 is 0 Å². The van der Waals surface area contributed by atoms with Crippen molar-refractivity contribution >= 4 is 41.6 Å². The van der Waals surface area contributed by atoms with Crippen LogP contribution in [0.2, 0.25) is 0 Å². The average molecular weight is 380 g/mol. The van der Waals surface area contributed by atoms with E-state index < -0.39 is 15.6 Å². The molecule has 3 aromatic rings. The molecule has 8 heteroatoms. The molecule has 1 unspecified atom stereocenters. The molecule has 0 bridgehead atoms. The highest BCUT2D eigenvalue weighted by molar-refractivity contribution is 7.86. The highest BCUT2D eigenvalue weighted by Gasteiger charge is 2.17. The molecule has 0 saturated heterocycles. The standard InChI is InChI=1S/C17H16O6S2/c1-11(25(19,20)21)22-8-9-23-12-6-7-16-14(10-12)17(18)13-4-2-3-5-15(13)24-16/h2-7,10-11H,8-9H2,1H3,(H,19,20,21). The molecule has 25 heavy (non-hydrogen) atoms. The Morgan fingerprint density at radius 3 is 2.56 bits per heavy atom. The van der Waals surface area contributed by atoms with E-state index in [-0.39, 0.29) is 18.6 Å². The Kier molecular flexibility index (Phi) is 5.05. The fraction of sp³-hybridized carbons (Fsp3) is 0.235. The third-order valence-corrected chi connectivity index (χ3v) is 5.80. The summed E-state index contributed by atoms with van der Waals surface area (Å²) < 4.78 is 42.8. The highest BCUT2D eigenvalue weighted by Crippen LogP contribution is 2.27. The van der Waals surface area contributed by atoms with E-state index in [0.29, 0.717) is 16.5 Å². The predicted octanol–water partition coefficient (Wildman–Crippen LogP) is 3.04. The average Bonchev–Trinajstić information content (AvgIpc) is 2.58. The van der Waals surface area contributed by atoms with Crippen molar-refractivity contribution < 1.29 is 22.4 Å². The molecule has 0 spiro atoms. The SMILES string of the molecule is CC(OCCOc1ccc2sc3ccccc3c(=O)c2c1)S(=O)(=O)O. The third-order valence-electron chi connectivity index (χ3n) is 3.67. The van der Waals surface area contributed by atoms with Gasteiger partial charge in [-0.25, -0.2) is 0 Å². The second-order valence-electron chi connectivity index (χ2n) is 5.39. The second-order valence-corrected chi connectivity index (χ2v) is 8.16. The first-order valence-electron chi connectivity index (χ1n) is 7.52. The summed E-state index contributed by atoms with van der Waals surface area (Å²) >= 11 is 1.53. The summed E-state index contributed by atoms with van der Waals surface area (Å²) in [5, 5.41) is 1.25. The van der Waals surface area contributed by atoms with Crippen LogP contribution in [0, 0.1) is 0 Å². The van der Waals surface area contributed by atoms with E-state index in [1.54, 1.807) is 18.2 Å². The van der Waals surface area contributed by atoms with Gasteiger partial charge in [0.2, 0.25) is 0 Å². The first kappa shape index (κ1) is 17.8. The summed E-state index contributed by atoms with van der Waals surface area (Å²) in [6.07, 6.45) is 0. The summed E-state index contributed by atoms with van der Waals surface area (Å²) in [4.78, 5) is 12.6. The van der Waals surface area contributed by atoms with Crippen LogP contribution in [0.1, 0.15) is 6.92 Å². The first-order chi connectivity index (χ1) is 11.9. The fourth-order valence-electron chi connectivity index (χ4n) is 2.33. The molecule has 3 rings (SSSR count). The molecule has 0 aliphatic heterocycles. The summed E-state index contributed by atoms with van der Waals surface area (Å²) in [5.41, 5.74) is -1.36. The van der Waals surface area contributed by atoms with Crippen LogP contribution in [0.25, 0.3) is 20.2 Å². The maximum Gasteiger partial charge on any atom is 0.291 e. The van der Waals surface area contributed by atoms with Gasteiger partial charge in [0.1, 0.15) is 12.4 Å². The summed E-state index contributed by atoms with van der Waals surface area (Å²) in [7, 11) is -4.22. The van der Waals surface area contributed by atoms with Gasteiger partial charge in [-0.3, -0.25) is 9.35 Å². The van der Waals surface area contributed by atoms with Gasteiger partial charge in [-0.15, -0.1) is 11.3 Å². The molecule has 0 radical (unpaired) electrons. The molecule has 1 atom stereocenters. The van der Waals surface area contributed by atoms with Crippen molar-refractivity contribution in [2.24, 2.45) is 0 Å². The molecule has 0 aliphatic rings. The van der Waals surface area contributed by atoms with Gasteiger partial charge >= 0.3 is 0 Å². The van der Waals surface area contributed by atoms with Gasteiger partial charge in [0.05, 0.1) is 6.61 Å². The van der Waals surface area contributed by atoms with Crippen LogP contribution >= 0.6 is 11.3 Å². The minimum absolute atomic E-state index is 0.0103. The monoisotopic (exact) mass is 380 g/mol. The van der Waals surface area contributed by atoms with Crippen molar-refractivity contribution in [2.75, 3.05) is 13.2 Å². The molecule has 132 valence electrons. The zero-order valence-corrected chi connectivity index (χ0v) is 15.0. The molecule has 0 amide bonds. The van der Waals surface area contributed by atoms with Gasteiger partial charge in [-0.05, 0) is 37.3 Å². The van der Waals surface area contributed by atoms with E-state index in [0.717, 1.165) is 9.40 Å². The van der Waals surface area contributed by atoms with Crippen molar-refractivity contribution in [3.63, 3.8) is 0 Å². The smallest absolute Gasteiger partial charge is 0.291 e. The third kappa shape index (κ3) is 3.98. The lowest BCUT2D eigenvalue weighted by atomic mass is 10.2. The number of hydrogen-bond donors (Lipinski definition) is 1. The Morgan fingerprint density at radius 1 is 1.08 bits per heavy atom. The maximum atomic E-state index is 12.6. The van der Waals surface area contributed by atoms with Crippen LogP contribution in [0.15, 0.2) is 47.3 Å². The quantitative estimate of drug-likeness (QED) is 0.402. The molecule has 2 aromatic carbocycles. The molecular weight excluding hydrogens is 364 g/mol. The Labute approximate surface area is 148 Å². The lowest BCUT2D eigenvalue weighted by Crippen LogP contribution is -2.22. The molecule has 6 nitrogen and oxygen atoms in total. The zero-order valence-electron chi connectivity index (χ0n) is 13.3. The van der Waals surface area contributed by atoms with Gasteiger partial charge in [0.15, 0.2) is 10.9 Å². The topological polar surface area (TPSA) is 89.9 Å². The Morgan fingerprint density at radius 2 is 1.80 bits per heavy atom. The number of ether oxygens (including phenoxy) is 2. The van der Waals surface area contributed by atoms with Gasteiger partial charge in [-0.1, -0.05) is 12.1 Å². The minimum atomic E-state index is -4.22. The van der Waals surface area contributed by atoms with E-state index in [1.165, 1.54) is 18.3 Å². The molecule has 0 fully saturated rings.